The minimum atomic E-state index is -0.147. The summed E-state index contributed by atoms with van der Waals surface area (Å²) in [4.78, 5) is 16.0. The highest BCUT2D eigenvalue weighted by atomic mass is 32.1. The Labute approximate surface area is 177 Å². The van der Waals surface area contributed by atoms with E-state index < -0.39 is 0 Å². The largest absolute Gasteiger partial charge is 0.485 e. The van der Waals surface area contributed by atoms with Crippen molar-refractivity contribution >= 4 is 28.6 Å². The van der Waals surface area contributed by atoms with E-state index in [0.29, 0.717) is 11.3 Å². The first-order chi connectivity index (χ1) is 14.1. The smallest absolute Gasteiger partial charge is 0.255 e. The van der Waals surface area contributed by atoms with Gasteiger partial charge in [0.2, 0.25) is 0 Å². The summed E-state index contributed by atoms with van der Waals surface area (Å²) in [5.74, 6) is 0.569. The van der Waals surface area contributed by atoms with Crippen LogP contribution in [0.15, 0.2) is 66.0 Å². The highest BCUT2D eigenvalue weighted by Crippen LogP contribution is 2.30. The van der Waals surface area contributed by atoms with Crippen molar-refractivity contribution in [1.82, 2.24) is 0 Å². The molecule has 0 fully saturated rings. The van der Waals surface area contributed by atoms with Crippen LogP contribution in [0.4, 0.5) is 11.4 Å². The fourth-order valence-electron chi connectivity index (χ4n) is 3.16. The highest BCUT2D eigenvalue weighted by Gasteiger charge is 2.16. The Morgan fingerprint density at radius 3 is 2.66 bits per heavy atom. The van der Waals surface area contributed by atoms with Crippen molar-refractivity contribution in [2.75, 3.05) is 24.3 Å². The number of anilines is 2. The van der Waals surface area contributed by atoms with Gasteiger partial charge in [0.15, 0.2) is 0 Å². The molecule has 3 aromatic rings. The zero-order chi connectivity index (χ0) is 20.6. The van der Waals surface area contributed by atoms with E-state index in [9.17, 15) is 4.79 Å². The predicted molar refractivity (Wildman–Crippen MR) is 122 cm³/mol. The van der Waals surface area contributed by atoms with Gasteiger partial charge in [0.05, 0.1) is 11.4 Å². The number of amides is 1. The quantitative estimate of drug-likeness (QED) is 0.447. The summed E-state index contributed by atoms with van der Waals surface area (Å²) in [6.07, 6.45) is 3.20. The van der Waals surface area contributed by atoms with Crippen LogP contribution in [0, 0.1) is 0 Å². The lowest BCUT2D eigenvalue weighted by molar-refractivity contribution is 0.102. The molecule has 0 saturated heterocycles. The summed E-state index contributed by atoms with van der Waals surface area (Å²) < 4.78 is 6.29. The number of carbonyl (C=O) groups excluding carboxylic acids is 1. The molecule has 29 heavy (non-hydrogen) atoms. The molecule has 1 unspecified atom stereocenters. The zero-order valence-corrected chi connectivity index (χ0v) is 18.0. The molecule has 0 aliphatic rings. The number of hydrogen-bond acceptors (Lipinski definition) is 4. The van der Waals surface area contributed by atoms with Gasteiger partial charge in [-0.2, -0.15) is 0 Å². The van der Waals surface area contributed by atoms with E-state index in [1.165, 1.54) is 4.88 Å². The molecule has 0 spiro atoms. The molecule has 0 aliphatic heterocycles. The molecule has 1 atom stereocenters. The standard InChI is InChI=1S/C24H28N2O2S/c1-4-5-14-22(23-15-9-16-29-23)28-19-11-8-10-18(17-19)24(27)25-20-12-6-7-13-21(20)26(2)3/h6-13,15-17,22H,4-5,14H2,1-3H3,(H,25,27). The average Bonchev–Trinajstić information content (AvgIpc) is 3.26. The second kappa shape index (κ2) is 10.1. The first kappa shape index (κ1) is 20.9. The molecular formula is C24H28N2O2S. The molecule has 1 heterocycles. The summed E-state index contributed by atoms with van der Waals surface area (Å²) in [5, 5.41) is 5.09. The summed E-state index contributed by atoms with van der Waals surface area (Å²) in [6.45, 7) is 2.18. The predicted octanol–water partition coefficient (Wildman–Crippen LogP) is 6.38. The van der Waals surface area contributed by atoms with Crippen molar-refractivity contribution in [2.24, 2.45) is 0 Å². The SMILES string of the molecule is CCCCC(Oc1cccc(C(=O)Nc2ccccc2N(C)C)c1)c1cccs1. The van der Waals surface area contributed by atoms with Crippen molar-refractivity contribution in [2.45, 2.75) is 32.3 Å². The third-order valence-electron chi connectivity index (χ3n) is 4.69. The van der Waals surface area contributed by atoms with Gasteiger partial charge >= 0.3 is 0 Å². The number of hydrogen-bond donors (Lipinski definition) is 1. The third kappa shape index (κ3) is 5.61. The molecule has 152 valence electrons. The average molecular weight is 409 g/mol. The lowest BCUT2D eigenvalue weighted by Crippen LogP contribution is -2.16. The lowest BCUT2D eigenvalue weighted by Gasteiger charge is -2.19. The zero-order valence-electron chi connectivity index (χ0n) is 17.2. The summed E-state index contributed by atoms with van der Waals surface area (Å²) in [5.41, 5.74) is 2.33. The van der Waals surface area contributed by atoms with E-state index in [1.54, 1.807) is 11.3 Å². The Morgan fingerprint density at radius 1 is 1.10 bits per heavy atom. The number of rotatable bonds is 9. The van der Waals surface area contributed by atoms with E-state index in [-0.39, 0.29) is 12.0 Å². The van der Waals surface area contributed by atoms with Gasteiger partial charge in [-0.3, -0.25) is 4.79 Å². The maximum Gasteiger partial charge on any atom is 0.255 e. The normalized spacial score (nSPS) is 11.7. The van der Waals surface area contributed by atoms with Crippen molar-refractivity contribution in [3.05, 3.63) is 76.5 Å². The van der Waals surface area contributed by atoms with Crippen LogP contribution >= 0.6 is 11.3 Å². The van der Waals surface area contributed by atoms with Gasteiger partial charge in [-0.1, -0.05) is 37.6 Å². The fourth-order valence-corrected chi connectivity index (χ4v) is 3.95. The summed E-state index contributed by atoms with van der Waals surface area (Å²) >= 11 is 1.71. The Hall–Kier alpha value is -2.79. The van der Waals surface area contributed by atoms with Gasteiger partial charge < -0.3 is 15.0 Å². The van der Waals surface area contributed by atoms with Crippen LogP contribution in [0.5, 0.6) is 5.75 Å². The number of para-hydroxylation sites is 2. The molecule has 5 heteroatoms. The second-order valence-electron chi connectivity index (χ2n) is 7.16. The van der Waals surface area contributed by atoms with Gasteiger partial charge in [-0.15, -0.1) is 11.3 Å². The molecule has 1 aromatic heterocycles. The number of ether oxygens (including phenoxy) is 1. The molecule has 1 N–H and O–H groups in total. The Balaban J connectivity index is 1.75. The molecule has 4 nitrogen and oxygen atoms in total. The first-order valence-electron chi connectivity index (χ1n) is 9.96. The van der Waals surface area contributed by atoms with E-state index in [1.807, 2.05) is 73.6 Å². The molecule has 0 aliphatic carbocycles. The van der Waals surface area contributed by atoms with Gasteiger partial charge in [-0.05, 0) is 54.6 Å². The van der Waals surface area contributed by atoms with E-state index in [0.717, 1.165) is 30.6 Å². The fraction of sp³-hybridized carbons (Fsp3) is 0.292. The summed E-state index contributed by atoms with van der Waals surface area (Å²) in [6, 6.07) is 19.3. The van der Waals surface area contributed by atoms with Crippen LogP contribution in [0.1, 0.15) is 47.5 Å². The molecule has 0 saturated carbocycles. The molecule has 3 rings (SSSR count). The van der Waals surface area contributed by atoms with Crippen LogP contribution in [0.3, 0.4) is 0 Å². The van der Waals surface area contributed by atoms with Gasteiger partial charge in [0, 0.05) is 24.5 Å². The minimum Gasteiger partial charge on any atom is -0.485 e. The molecule has 0 bridgehead atoms. The van der Waals surface area contributed by atoms with Crippen LogP contribution in [-0.2, 0) is 0 Å². The van der Waals surface area contributed by atoms with Gasteiger partial charge in [-0.25, -0.2) is 0 Å². The second-order valence-corrected chi connectivity index (χ2v) is 8.14. The monoisotopic (exact) mass is 408 g/mol. The number of thiophene rings is 1. The van der Waals surface area contributed by atoms with Crippen LogP contribution in [0.2, 0.25) is 0 Å². The highest BCUT2D eigenvalue weighted by molar-refractivity contribution is 7.10. The topological polar surface area (TPSA) is 41.6 Å². The number of carbonyl (C=O) groups is 1. The Bertz CT molecular complexity index is 922. The Kier molecular flexibility index (Phi) is 7.30. The van der Waals surface area contributed by atoms with Crippen molar-refractivity contribution in [3.63, 3.8) is 0 Å². The number of nitrogens with one attached hydrogen (secondary N) is 1. The van der Waals surface area contributed by atoms with Crippen LogP contribution in [0.25, 0.3) is 0 Å². The first-order valence-corrected chi connectivity index (χ1v) is 10.8. The van der Waals surface area contributed by atoms with Gasteiger partial charge in [0.25, 0.3) is 5.91 Å². The number of benzene rings is 2. The molecular weight excluding hydrogens is 380 g/mol. The molecule has 2 aromatic carbocycles. The van der Waals surface area contributed by atoms with Crippen molar-refractivity contribution < 1.29 is 9.53 Å². The number of nitrogens with zero attached hydrogens (tertiary/aromatic N) is 1. The van der Waals surface area contributed by atoms with E-state index in [4.69, 9.17) is 4.74 Å². The summed E-state index contributed by atoms with van der Waals surface area (Å²) in [7, 11) is 3.92. The third-order valence-corrected chi connectivity index (χ3v) is 5.65. The molecule has 0 radical (unpaired) electrons. The van der Waals surface area contributed by atoms with E-state index in [2.05, 4.69) is 23.7 Å². The molecule has 1 amide bonds. The maximum atomic E-state index is 12.8. The number of unbranched alkanes of at least 4 members (excludes halogenated alkanes) is 1. The van der Waals surface area contributed by atoms with Crippen LogP contribution in [-0.4, -0.2) is 20.0 Å². The lowest BCUT2D eigenvalue weighted by atomic mass is 10.1. The van der Waals surface area contributed by atoms with Crippen LogP contribution < -0.4 is 15.0 Å². The Morgan fingerprint density at radius 2 is 1.93 bits per heavy atom. The van der Waals surface area contributed by atoms with Crippen molar-refractivity contribution in [1.29, 1.82) is 0 Å². The maximum absolute atomic E-state index is 12.8. The van der Waals surface area contributed by atoms with Gasteiger partial charge in [0.1, 0.15) is 11.9 Å². The van der Waals surface area contributed by atoms with Crippen molar-refractivity contribution in [3.8, 4) is 5.75 Å². The minimum absolute atomic E-state index is 0.0164. The van der Waals surface area contributed by atoms with E-state index >= 15 is 0 Å².